The van der Waals surface area contributed by atoms with Crippen LogP contribution in [0.25, 0.3) is 22.5 Å². The third-order valence-electron chi connectivity index (χ3n) is 8.71. The number of benzene rings is 1. The first-order valence-electron chi connectivity index (χ1n) is 16.3. The van der Waals surface area contributed by atoms with Crippen LogP contribution in [0.2, 0.25) is 10.0 Å². The summed E-state index contributed by atoms with van der Waals surface area (Å²) in [4.78, 5) is 36.1. The summed E-state index contributed by atoms with van der Waals surface area (Å²) in [5.41, 5.74) is 1.77. The highest BCUT2D eigenvalue weighted by atomic mass is 35.5. The summed E-state index contributed by atoms with van der Waals surface area (Å²) < 4.78 is 48.9. The van der Waals surface area contributed by atoms with Crippen LogP contribution in [-0.2, 0) is 28.9 Å². The lowest BCUT2D eigenvalue weighted by Crippen LogP contribution is -2.35. The molecule has 3 aromatic heterocycles. The van der Waals surface area contributed by atoms with Gasteiger partial charge in [-0.25, -0.2) is 9.97 Å². The largest absolute Gasteiger partial charge is 0.481 e. The number of rotatable bonds is 13. The second-order valence-corrected chi connectivity index (χ2v) is 13.0. The Kier molecular flexibility index (Phi) is 11.2. The molecule has 5 heterocycles. The van der Waals surface area contributed by atoms with Crippen molar-refractivity contribution < 1.29 is 27.5 Å². The summed E-state index contributed by atoms with van der Waals surface area (Å²) in [6.07, 6.45) is 0.441. The van der Waals surface area contributed by atoms with Gasteiger partial charge in [-0.15, -0.1) is 0 Å². The third kappa shape index (κ3) is 8.52. The van der Waals surface area contributed by atoms with Gasteiger partial charge < -0.3 is 31.3 Å². The third-order valence-corrected chi connectivity index (χ3v) is 9.50. The number of ether oxygens (including phenoxy) is 1. The van der Waals surface area contributed by atoms with Crippen molar-refractivity contribution >= 4 is 46.5 Å². The first kappa shape index (κ1) is 36.3. The molecule has 2 saturated heterocycles. The Bertz CT molecular complexity index is 1930. The minimum absolute atomic E-state index is 0.0129. The number of nitrogens with zero attached hydrogens (tertiary/aromatic N) is 3. The Morgan fingerprint density at radius 1 is 0.843 bits per heavy atom. The van der Waals surface area contributed by atoms with Crippen LogP contribution >= 0.6 is 23.2 Å². The first-order chi connectivity index (χ1) is 24.5. The molecule has 6 rings (SSSR count). The minimum atomic E-state index is -4.73. The van der Waals surface area contributed by atoms with Gasteiger partial charge in [0.05, 0.1) is 34.2 Å². The van der Waals surface area contributed by atoms with Crippen molar-refractivity contribution in [1.82, 2.24) is 36.2 Å². The monoisotopic (exact) mass is 742 g/mol. The maximum Gasteiger partial charge on any atom is 0.420 e. The van der Waals surface area contributed by atoms with Crippen LogP contribution in [-0.4, -0.2) is 59.0 Å². The van der Waals surface area contributed by atoms with Gasteiger partial charge >= 0.3 is 6.18 Å². The van der Waals surface area contributed by atoms with Gasteiger partial charge in [-0.05, 0) is 42.7 Å². The van der Waals surface area contributed by atoms with Gasteiger partial charge in [-0.1, -0.05) is 41.4 Å². The number of amides is 2. The fraction of sp³-hybridized carbons (Fsp3) is 0.343. The Morgan fingerprint density at radius 2 is 1.51 bits per heavy atom. The zero-order valence-electron chi connectivity index (χ0n) is 27.5. The molecule has 51 heavy (non-hydrogen) atoms. The molecule has 0 aliphatic carbocycles. The number of carbonyl (C=O) groups excluding carboxylic acids is 2. The number of pyridine rings is 3. The fourth-order valence-electron chi connectivity index (χ4n) is 6.18. The lowest BCUT2D eigenvalue weighted by atomic mass is 10.0. The van der Waals surface area contributed by atoms with E-state index in [1.165, 1.54) is 19.4 Å². The van der Waals surface area contributed by atoms with Crippen molar-refractivity contribution in [2.45, 2.75) is 57.0 Å². The molecule has 0 bridgehead atoms. The second kappa shape index (κ2) is 15.8. The molecule has 0 radical (unpaired) electrons. The Labute approximate surface area is 302 Å². The molecule has 0 saturated carbocycles. The van der Waals surface area contributed by atoms with Crippen molar-refractivity contribution in [2.75, 3.05) is 25.5 Å². The van der Waals surface area contributed by atoms with E-state index in [0.717, 1.165) is 12.0 Å². The average Bonchev–Trinajstić information content (AvgIpc) is 3.72. The van der Waals surface area contributed by atoms with Crippen LogP contribution in [0.15, 0.2) is 54.9 Å². The number of carbonyl (C=O) groups is 2. The molecule has 2 aliphatic heterocycles. The predicted molar refractivity (Wildman–Crippen MR) is 188 cm³/mol. The van der Waals surface area contributed by atoms with Crippen LogP contribution in [0.4, 0.5) is 24.7 Å². The first-order valence-corrected chi connectivity index (χ1v) is 17.1. The zero-order valence-corrected chi connectivity index (χ0v) is 29.0. The van der Waals surface area contributed by atoms with Gasteiger partial charge in [-0.2, -0.15) is 13.2 Å². The molecule has 16 heteroatoms. The number of halogens is 5. The van der Waals surface area contributed by atoms with Crippen LogP contribution in [0, 0.1) is 0 Å². The highest BCUT2D eigenvalue weighted by Crippen LogP contribution is 2.42. The van der Waals surface area contributed by atoms with Gasteiger partial charge in [0.25, 0.3) is 0 Å². The number of aromatic nitrogens is 3. The molecule has 0 spiro atoms. The molecule has 5 N–H and O–H groups in total. The van der Waals surface area contributed by atoms with E-state index in [0.29, 0.717) is 67.3 Å². The molecular formula is C35H35Cl2F3N8O3. The maximum atomic E-state index is 14.5. The highest BCUT2D eigenvalue weighted by Gasteiger charge is 2.37. The normalized spacial score (nSPS) is 17.4. The van der Waals surface area contributed by atoms with E-state index in [1.54, 1.807) is 36.5 Å². The number of alkyl halides is 3. The van der Waals surface area contributed by atoms with Gasteiger partial charge in [0.2, 0.25) is 17.7 Å². The number of hydrogen-bond donors (Lipinski definition) is 5. The SMILES string of the molecule is COc1nc(-c2ccnc(-c3cccc(Nc4nccc(CNC[C@H]5CCC(=O)N5)c4C(F)(F)F)c3Cl)c2Cl)ccc1CNC[C@H]1CCC(=O)N1. The highest BCUT2D eigenvalue weighted by molar-refractivity contribution is 6.39. The molecular weight excluding hydrogens is 708 g/mol. The van der Waals surface area contributed by atoms with E-state index in [2.05, 4.69) is 41.5 Å². The van der Waals surface area contributed by atoms with E-state index >= 15 is 0 Å². The van der Waals surface area contributed by atoms with Crippen molar-refractivity contribution in [3.05, 3.63) is 81.6 Å². The van der Waals surface area contributed by atoms with E-state index in [-0.39, 0.29) is 51.7 Å². The summed E-state index contributed by atoms with van der Waals surface area (Å²) in [6.45, 7) is 1.33. The van der Waals surface area contributed by atoms with Crippen LogP contribution in [0.1, 0.15) is 42.4 Å². The topological polar surface area (TPSA) is 142 Å². The van der Waals surface area contributed by atoms with Crippen molar-refractivity contribution in [3.63, 3.8) is 0 Å². The summed E-state index contributed by atoms with van der Waals surface area (Å²) in [5.74, 6) is -0.0377. The van der Waals surface area contributed by atoms with Gasteiger partial charge in [0.1, 0.15) is 11.4 Å². The lowest BCUT2D eigenvalue weighted by Gasteiger charge is -2.20. The van der Waals surface area contributed by atoms with E-state index in [1.807, 2.05) is 6.07 Å². The van der Waals surface area contributed by atoms with Crippen molar-refractivity contribution in [2.24, 2.45) is 0 Å². The van der Waals surface area contributed by atoms with Gasteiger partial charge in [-0.3, -0.25) is 14.6 Å². The number of nitrogens with one attached hydrogen (secondary N) is 5. The molecule has 2 fully saturated rings. The number of anilines is 2. The van der Waals surface area contributed by atoms with Crippen LogP contribution in [0.3, 0.4) is 0 Å². The summed E-state index contributed by atoms with van der Waals surface area (Å²) in [5, 5.41) is 15.2. The fourth-order valence-corrected chi connectivity index (χ4v) is 6.76. The standard InChI is InChI=1S/C35H35Cl2F3N8O3/c1-51-34-20(16-42-18-22-7-10-28(50)46-22)5-8-25(48-34)23-12-14-43-32(31(23)37)24-3-2-4-26(30(24)36)47-33-29(35(38,39)40)19(11-13-44-33)15-41-17-21-6-9-27(49)45-21/h2-5,8,11-14,21-22,41-42H,6-7,9-10,15-18H2,1H3,(H,44,47)(H,45,49)(H,46,50)/t21-,22-/m1/s1. The van der Waals surface area contributed by atoms with Crippen molar-refractivity contribution in [3.8, 4) is 28.4 Å². The number of methoxy groups -OCH3 is 1. The molecule has 0 unspecified atom stereocenters. The molecule has 2 atom stereocenters. The molecule has 4 aromatic rings. The molecule has 2 aliphatic rings. The summed E-state index contributed by atoms with van der Waals surface area (Å²) in [7, 11) is 1.52. The molecule has 2 amide bonds. The second-order valence-electron chi connectivity index (χ2n) is 12.2. The summed E-state index contributed by atoms with van der Waals surface area (Å²) >= 11 is 13.7. The number of hydrogen-bond acceptors (Lipinski definition) is 9. The summed E-state index contributed by atoms with van der Waals surface area (Å²) in [6, 6.07) is 11.5. The lowest BCUT2D eigenvalue weighted by molar-refractivity contribution is -0.137. The van der Waals surface area contributed by atoms with Gasteiger partial charge in [0.15, 0.2) is 0 Å². The van der Waals surface area contributed by atoms with Crippen LogP contribution in [0.5, 0.6) is 5.88 Å². The van der Waals surface area contributed by atoms with Crippen molar-refractivity contribution in [1.29, 1.82) is 0 Å². The maximum absolute atomic E-state index is 14.5. The average molecular weight is 744 g/mol. The van der Waals surface area contributed by atoms with E-state index in [9.17, 15) is 22.8 Å². The Morgan fingerprint density at radius 3 is 2.14 bits per heavy atom. The zero-order chi connectivity index (χ0) is 36.1. The molecule has 268 valence electrons. The predicted octanol–water partition coefficient (Wildman–Crippen LogP) is 6.02. The van der Waals surface area contributed by atoms with E-state index < -0.39 is 17.6 Å². The smallest absolute Gasteiger partial charge is 0.420 e. The quantitative estimate of drug-likeness (QED) is 0.111. The molecule has 11 nitrogen and oxygen atoms in total. The van der Waals surface area contributed by atoms with Gasteiger partial charge in [0, 0.05) is 80.2 Å². The van der Waals surface area contributed by atoms with E-state index in [4.69, 9.17) is 27.9 Å². The Hall–Kier alpha value is -4.50. The van der Waals surface area contributed by atoms with Crippen LogP contribution < -0.4 is 31.3 Å². The molecule has 1 aromatic carbocycles. The minimum Gasteiger partial charge on any atom is -0.481 e. The Balaban J connectivity index is 1.22.